The number of hydrogen-bond donors (Lipinski definition) is 0. The van der Waals surface area contributed by atoms with Crippen LogP contribution >= 0.6 is 0 Å². The highest BCUT2D eigenvalue weighted by atomic mass is 16.6. The van der Waals surface area contributed by atoms with Gasteiger partial charge in [0.15, 0.2) is 6.10 Å². The van der Waals surface area contributed by atoms with Crippen molar-refractivity contribution in [1.29, 1.82) is 0 Å². The van der Waals surface area contributed by atoms with E-state index in [9.17, 15) is 9.59 Å². The van der Waals surface area contributed by atoms with Gasteiger partial charge in [-0.15, -0.1) is 0 Å². The van der Waals surface area contributed by atoms with E-state index in [4.69, 9.17) is 9.47 Å². The number of nitrogens with zero attached hydrogens (tertiary/aromatic N) is 1. The van der Waals surface area contributed by atoms with E-state index in [2.05, 4.69) is 4.74 Å². The molecule has 124 valence electrons. The molecule has 6 heteroatoms. The van der Waals surface area contributed by atoms with Crippen molar-refractivity contribution < 1.29 is 23.8 Å². The number of benzene rings is 1. The molecule has 2 aromatic rings. The standard InChI is InChI=1S/C17H21NO5/c1-6-22-17(20)15-10(2)18(4)14-8-7-12(9-13(14)15)23-11(3)16(19)21-5/h7-9,11H,6H2,1-5H3. The Balaban J connectivity index is 2.47. The van der Waals surface area contributed by atoms with E-state index >= 15 is 0 Å². The molecular weight excluding hydrogens is 298 g/mol. The van der Waals surface area contributed by atoms with E-state index in [0.29, 0.717) is 17.9 Å². The molecule has 23 heavy (non-hydrogen) atoms. The van der Waals surface area contributed by atoms with E-state index < -0.39 is 12.1 Å². The van der Waals surface area contributed by atoms with Crippen molar-refractivity contribution in [3.8, 4) is 5.75 Å². The number of carbonyl (C=O) groups is 2. The predicted molar refractivity (Wildman–Crippen MR) is 85.7 cm³/mol. The number of hydrogen-bond acceptors (Lipinski definition) is 5. The summed E-state index contributed by atoms with van der Waals surface area (Å²) >= 11 is 0. The van der Waals surface area contributed by atoms with Crippen LogP contribution in [0.15, 0.2) is 18.2 Å². The fraction of sp³-hybridized carbons (Fsp3) is 0.412. The molecular formula is C17H21NO5. The molecule has 0 radical (unpaired) electrons. The van der Waals surface area contributed by atoms with Crippen LogP contribution in [0.5, 0.6) is 5.75 Å². The highest BCUT2D eigenvalue weighted by Gasteiger charge is 2.21. The normalized spacial score (nSPS) is 12.0. The zero-order valence-electron chi connectivity index (χ0n) is 14.0. The second-order valence-electron chi connectivity index (χ2n) is 5.20. The number of rotatable bonds is 5. The van der Waals surface area contributed by atoms with Gasteiger partial charge in [-0.2, -0.15) is 0 Å². The molecule has 1 heterocycles. The summed E-state index contributed by atoms with van der Waals surface area (Å²) in [4.78, 5) is 23.7. The monoisotopic (exact) mass is 319 g/mol. The van der Waals surface area contributed by atoms with E-state index in [1.165, 1.54) is 7.11 Å². The van der Waals surface area contributed by atoms with Crippen LogP contribution in [-0.2, 0) is 21.3 Å². The van der Waals surface area contributed by atoms with Gasteiger partial charge in [0, 0.05) is 23.6 Å². The van der Waals surface area contributed by atoms with Gasteiger partial charge >= 0.3 is 11.9 Å². The number of carbonyl (C=O) groups excluding carboxylic acids is 2. The van der Waals surface area contributed by atoms with Gasteiger partial charge in [-0.1, -0.05) is 0 Å². The Morgan fingerprint density at radius 2 is 2.00 bits per heavy atom. The van der Waals surface area contributed by atoms with Gasteiger partial charge in [-0.25, -0.2) is 9.59 Å². The van der Waals surface area contributed by atoms with Gasteiger partial charge in [0.1, 0.15) is 5.75 Å². The van der Waals surface area contributed by atoms with Crippen LogP contribution < -0.4 is 4.74 Å². The van der Waals surface area contributed by atoms with Crippen molar-refractivity contribution in [2.75, 3.05) is 13.7 Å². The lowest BCUT2D eigenvalue weighted by molar-refractivity contribution is -0.147. The zero-order valence-corrected chi connectivity index (χ0v) is 14.0. The lowest BCUT2D eigenvalue weighted by Gasteiger charge is -2.12. The maximum atomic E-state index is 12.2. The Morgan fingerprint density at radius 3 is 2.61 bits per heavy atom. The van der Waals surface area contributed by atoms with Gasteiger partial charge in [-0.3, -0.25) is 0 Å². The summed E-state index contributed by atoms with van der Waals surface area (Å²) in [6.07, 6.45) is -0.728. The molecule has 0 amide bonds. The van der Waals surface area contributed by atoms with Crippen LogP contribution in [0.3, 0.4) is 0 Å². The maximum Gasteiger partial charge on any atom is 0.346 e. The average molecular weight is 319 g/mol. The quantitative estimate of drug-likeness (QED) is 0.793. The highest BCUT2D eigenvalue weighted by molar-refractivity contribution is 6.06. The van der Waals surface area contributed by atoms with Crippen LogP contribution in [0, 0.1) is 6.92 Å². The summed E-state index contributed by atoms with van der Waals surface area (Å²) < 4.78 is 17.3. The van der Waals surface area contributed by atoms with Crippen molar-refractivity contribution in [3.63, 3.8) is 0 Å². The molecule has 0 aliphatic carbocycles. The Hall–Kier alpha value is -2.50. The number of aromatic nitrogens is 1. The van der Waals surface area contributed by atoms with Crippen molar-refractivity contribution in [3.05, 3.63) is 29.5 Å². The summed E-state index contributed by atoms with van der Waals surface area (Å²) in [5.74, 6) is -0.333. The number of fused-ring (bicyclic) bond motifs is 1. The van der Waals surface area contributed by atoms with Gasteiger partial charge in [0.25, 0.3) is 0 Å². The summed E-state index contributed by atoms with van der Waals surface area (Å²) in [5.41, 5.74) is 2.22. The average Bonchev–Trinajstić information content (AvgIpc) is 2.77. The largest absolute Gasteiger partial charge is 0.479 e. The molecule has 1 atom stereocenters. The van der Waals surface area contributed by atoms with Crippen LogP contribution in [0.1, 0.15) is 29.9 Å². The molecule has 2 rings (SSSR count). The lowest BCUT2D eigenvalue weighted by atomic mass is 10.1. The van der Waals surface area contributed by atoms with Crippen molar-refractivity contribution in [2.45, 2.75) is 26.9 Å². The summed E-state index contributed by atoms with van der Waals surface area (Å²) in [7, 11) is 3.20. The first kappa shape index (κ1) is 16.9. The molecule has 0 saturated carbocycles. The topological polar surface area (TPSA) is 66.8 Å². The maximum absolute atomic E-state index is 12.2. The van der Waals surface area contributed by atoms with Crippen molar-refractivity contribution in [1.82, 2.24) is 4.57 Å². The van der Waals surface area contributed by atoms with E-state index in [-0.39, 0.29) is 5.97 Å². The molecule has 0 N–H and O–H groups in total. The minimum Gasteiger partial charge on any atom is -0.479 e. The Labute approximate surface area is 134 Å². The van der Waals surface area contributed by atoms with E-state index in [0.717, 1.165) is 16.6 Å². The first-order valence-corrected chi connectivity index (χ1v) is 7.41. The Morgan fingerprint density at radius 1 is 1.30 bits per heavy atom. The molecule has 0 fully saturated rings. The van der Waals surface area contributed by atoms with Crippen LogP contribution in [0.2, 0.25) is 0 Å². The van der Waals surface area contributed by atoms with Gasteiger partial charge < -0.3 is 18.8 Å². The third-order valence-electron chi connectivity index (χ3n) is 3.79. The van der Waals surface area contributed by atoms with Crippen LogP contribution in [-0.4, -0.2) is 36.3 Å². The minimum absolute atomic E-state index is 0.310. The SMILES string of the molecule is CCOC(=O)c1c(C)n(C)c2ccc(OC(C)C(=O)OC)cc12. The van der Waals surface area contributed by atoms with Gasteiger partial charge in [0.2, 0.25) is 0 Å². The minimum atomic E-state index is -0.728. The van der Waals surface area contributed by atoms with Crippen molar-refractivity contribution >= 4 is 22.8 Å². The number of methoxy groups -OCH3 is 1. The molecule has 1 unspecified atom stereocenters. The van der Waals surface area contributed by atoms with E-state index in [1.54, 1.807) is 26.0 Å². The number of aryl methyl sites for hydroxylation is 1. The van der Waals surface area contributed by atoms with Crippen molar-refractivity contribution in [2.24, 2.45) is 7.05 Å². The fourth-order valence-corrected chi connectivity index (χ4v) is 2.50. The first-order valence-electron chi connectivity index (χ1n) is 7.41. The third kappa shape index (κ3) is 3.16. The Kier molecular flexibility index (Phi) is 4.93. The summed E-state index contributed by atoms with van der Waals surface area (Å²) in [6, 6.07) is 5.36. The molecule has 1 aromatic carbocycles. The molecule has 0 bridgehead atoms. The summed E-state index contributed by atoms with van der Waals surface area (Å²) in [5, 5.41) is 0.734. The molecule has 0 saturated heterocycles. The van der Waals surface area contributed by atoms with Crippen LogP contribution in [0.4, 0.5) is 0 Å². The predicted octanol–water partition coefficient (Wildman–Crippen LogP) is 2.60. The molecule has 1 aromatic heterocycles. The second-order valence-corrected chi connectivity index (χ2v) is 5.20. The van der Waals surface area contributed by atoms with Gasteiger partial charge in [0.05, 0.1) is 19.3 Å². The fourth-order valence-electron chi connectivity index (χ4n) is 2.50. The van der Waals surface area contributed by atoms with E-state index in [1.807, 2.05) is 24.6 Å². The molecule has 6 nitrogen and oxygen atoms in total. The first-order chi connectivity index (χ1) is 10.9. The second kappa shape index (κ2) is 6.73. The third-order valence-corrected chi connectivity index (χ3v) is 3.79. The summed E-state index contributed by atoms with van der Waals surface area (Å²) in [6.45, 7) is 5.55. The highest BCUT2D eigenvalue weighted by Crippen LogP contribution is 2.29. The molecule has 0 aliphatic heterocycles. The number of esters is 2. The van der Waals surface area contributed by atoms with Crippen LogP contribution in [0.25, 0.3) is 10.9 Å². The van der Waals surface area contributed by atoms with Gasteiger partial charge in [-0.05, 0) is 39.0 Å². The smallest absolute Gasteiger partial charge is 0.346 e. The zero-order chi connectivity index (χ0) is 17.1. The number of ether oxygens (including phenoxy) is 3. The molecule has 0 aliphatic rings. The Bertz CT molecular complexity index is 747. The lowest BCUT2D eigenvalue weighted by Crippen LogP contribution is -2.24. The molecule has 0 spiro atoms.